The van der Waals surface area contributed by atoms with Crippen LogP contribution >= 0.6 is 0 Å². The number of carbonyl (C=O) groups is 1. The summed E-state index contributed by atoms with van der Waals surface area (Å²) in [6.07, 6.45) is 2.96. The molecule has 0 saturated carbocycles. The number of hydrogen-bond donors (Lipinski definition) is 1. The first-order valence-corrected chi connectivity index (χ1v) is 8.42. The lowest BCUT2D eigenvalue weighted by Gasteiger charge is -2.19. The molecule has 1 aliphatic rings. The Balaban J connectivity index is 1.49. The first-order chi connectivity index (χ1) is 11.6. The molecule has 0 aliphatic carbocycles. The molecule has 2 heterocycles. The Bertz CT molecular complexity index is 675. The zero-order chi connectivity index (χ0) is 16.9. The van der Waals surface area contributed by atoms with Gasteiger partial charge in [-0.15, -0.1) is 10.2 Å². The zero-order valence-corrected chi connectivity index (χ0v) is 14.1. The van der Waals surface area contributed by atoms with Crippen LogP contribution in [0.5, 0.6) is 0 Å². The van der Waals surface area contributed by atoms with Gasteiger partial charge >= 0.3 is 0 Å². The summed E-state index contributed by atoms with van der Waals surface area (Å²) in [6, 6.07) is 7.93. The molecule has 0 radical (unpaired) electrons. The first kappa shape index (κ1) is 16.6. The highest BCUT2D eigenvalue weighted by Crippen LogP contribution is 2.19. The SMILES string of the molecule is Cc1ccc(-c2nnc(CCC(=O)N[C@@H](C)[C@H]3CCCO3)o2)cc1. The lowest BCUT2D eigenvalue weighted by atomic mass is 10.1. The van der Waals surface area contributed by atoms with Crippen molar-refractivity contribution < 1.29 is 13.9 Å². The van der Waals surface area contributed by atoms with Crippen LogP contribution in [-0.4, -0.2) is 34.9 Å². The summed E-state index contributed by atoms with van der Waals surface area (Å²) in [5.41, 5.74) is 2.06. The van der Waals surface area contributed by atoms with E-state index in [1.54, 1.807) is 0 Å². The molecule has 1 saturated heterocycles. The Hall–Kier alpha value is -2.21. The molecular weight excluding hydrogens is 306 g/mol. The number of amides is 1. The average Bonchev–Trinajstić information content (AvgIpc) is 3.25. The molecule has 2 atom stereocenters. The molecule has 1 aromatic carbocycles. The van der Waals surface area contributed by atoms with Gasteiger partial charge in [0.05, 0.1) is 12.1 Å². The largest absolute Gasteiger partial charge is 0.421 e. The van der Waals surface area contributed by atoms with E-state index in [2.05, 4.69) is 15.5 Å². The summed E-state index contributed by atoms with van der Waals surface area (Å²) in [6.45, 7) is 4.80. The fraction of sp³-hybridized carbons (Fsp3) is 0.500. The van der Waals surface area contributed by atoms with Crippen LogP contribution in [0.15, 0.2) is 28.7 Å². The minimum Gasteiger partial charge on any atom is -0.421 e. The van der Waals surface area contributed by atoms with Crippen molar-refractivity contribution in [2.75, 3.05) is 6.61 Å². The van der Waals surface area contributed by atoms with Crippen LogP contribution in [0.4, 0.5) is 0 Å². The number of hydrogen-bond acceptors (Lipinski definition) is 5. The van der Waals surface area contributed by atoms with E-state index in [9.17, 15) is 4.79 Å². The highest BCUT2D eigenvalue weighted by molar-refractivity contribution is 5.76. The summed E-state index contributed by atoms with van der Waals surface area (Å²) in [5, 5.41) is 11.1. The maximum Gasteiger partial charge on any atom is 0.247 e. The summed E-state index contributed by atoms with van der Waals surface area (Å²) < 4.78 is 11.2. The summed E-state index contributed by atoms with van der Waals surface area (Å²) >= 11 is 0. The first-order valence-electron chi connectivity index (χ1n) is 8.42. The van der Waals surface area contributed by atoms with Crippen LogP contribution < -0.4 is 5.32 Å². The number of carbonyl (C=O) groups excluding carboxylic acids is 1. The van der Waals surface area contributed by atoms with Gasteiger partial charge in [-0.3, -0.25) is 4.79 Å². The lowest BCUT2D eigenvalue weighted by molar-refractivity contribution is -0.122. The van der Waals surface area contributed by atoms with Crippen molar-refractivity contribution >= 4 is 5.91 Å². The van der Waals surface area contributed by atoms with Crippen LogP contribution in [0, 0.1) is 6.92 Å². The molecule has 1 aromatic heterocycles. The quantitative estimate of drug-likeness (QED) is 0.881. The molecule has 1 amide bonds. The Morgan fingerprint density at radius 2 is 2.12 bits per heavy atom. The molecule has 0 bridgehead atoms. The second-order valence-electron chi connectivity index (χ2n) is 6.27. The van der Waals surface area contributed by atoms with E-state index in [4.69, 9.17) is 9.15 Å². The van der Waals surface area contributed by atoms with Gasteiger partial charge in [0.15, 0.2) is 0 Å². The van der Waals surface area contributed by atoms with E-state index in [1.165, 1.54) is 5.56 Å². The topological polar surface area (TPSA) is 77.2 Å². The molecule has 2 aromatic rings. The predicted molar refractivity (Wildman–Crippen MR) is 89.4 cm³/mol. The van der Waals surface area contributed by atoms with Crippen molar-refractivity contribution in [2.24, 2.45) is 0 Å². The standard InChI is InChI=1S/C18H23N3O3/c1-12-5-7-14(8-6-12)18-21-20-17(24-18)10-9-16(22)19-13(2)15-4-3-11-23-15/h5-8,13,15H,3-4,9-11H2,1-2H3,(H,19,22)/t13-,15+/m0/s1. The summed E-state index contributed by atoms with van der Waals surface area (Å²) in [7, 11) is 0. The van der Waals surface area contributed by atoms with Crippen molar-refractivity contribution in [3.63, 3.8) is 0 Å². The van der Waals surface area contributed by atoms with Crippen LogP contribution in [0.3, 0.4) is 0 Å². The van der Waals surface area contributed by atoms with E-state index >= 15 is 0 Å². The number of benzene rings is 1. The van der Waals surface area contributed by atoms with Gasteiger partial charge in [-0.25, -0.2) is 0 Å². The maximum atomic E-state index is 12.0. The number of aryl methyl sites for hydroxylation is 2. The molecule has 0 spiro atoms. The molecular formula is C18H23N3O3. The second-order valence-corrected chi connectivity index (χ2v) is 6.27. The zero-order valence-electron chi connectivity index (χ0n) is 14.1. The van der Waals surface area contributed by atoms with E-state index in [0.29, 0.717) is 24.6 Å². The van der Waals surface area contributed by atoms with Crippen LogP contribution in [0.1, 0.15) is 37.6 Å². The van der Waals surface area contributed by atoms with Gasteiger partial charge < -0.3 is 14.5 Å². The van der Waals surface area contributed by atoms with Gasteiger partial charge in [0, 0.05) is 25.0 Å². The molecule has 3 rings (SSSR count). The average molecular weight is 329 g/mol. The Morgan fingerprint density at radius 3 is 2.83 bits per heavy atom. The van der Waals surface area contributed by atoms with E-state index in [1.807, 2.05) is 38.1 Å². The number of rotatable bonds is 6. The van der Waals surface area contributed by atoms with E-state index < -0.39 is 0 Å². The minimum absolute atomic E-state index is 0.0203. The summed E-state index contributed by atoms with van der Waals surface area (Å²) in [5.74, 6) is 0.941. The number of aromatic nitrogens is 2. The molecule has 1 fully saturated rings. The Labute approximate surface area is 141 Å². The van der Waals surface area contributed by atoms with Gasteiger partial charge in [-0.2, -0.15) is 0 Å². The van der Waals surface area contributed by atoms with Crippen LogP contribution in [-0.2, 0) is 16.0 Å². The molecule has 1 aliphatic heterocycles. The third kappa shape index (κ3) is 4.20. The van der Waals surface area contributed by atoms with Crippen molar-refractivity contribution in [1.82, 2.24) is 15.5 Å². The van der Waals surface area contributed by atoms with Gasteiger partial charge in [-0.1, -0.05) is 17.7 Å². The van der Waals surface area contributed by atoms with Crippen molar-refractivity contribution in [2.45, 2.75) is 51.7 Å². The minimum atomic E-state index is -0.0203. The van der Waals surface area contributed by atoms with Gasteiger partial charge in [-0.05, 0) is 38.8 Å². The fourth-order valence-corrected chi connectivity index (χ4v) is 2.80. The van der Waals surface area contributed by atoms with Crippen LogP contribution in [0.2, 0.25) is 0 Å². The third-order valence-electron chi connectivity index (χ3n) is 4.24. The van der Waals surface area contributed by atoms with Crippen molar-refractivity contribution in [3.05, 3.63) is 35.7 Å². The lowest BCUT2D eigenvalue weighted by Crippen LogP contribution is -2.40. The second kappa shape index (κ2) is 7.57. The van der Waals surface area contributed by atoms with E-state index in [-0.39, 0.29) is 18.1 Å². The molecule has 128 valence electrons. The Kier molecular flexibility index (Phi) is 5.25. The molecule has 6 nitrogen and oxygen atoms in total. The van der Waals surface area contributed by atoms with E-state index in [0.717, 1.165) is 25.0 Å². The number of nitrogens with zero attached hydrogens (tertiary/aromatic N) is 2. The van der Waals surface area contributed by atoms with Gasteiger partial charge in [0.1, 0.15) is 0 Å². The number of nitrogens with one attached hydrogen (secondary N) is 1. The van der Waals surface area contributed by atoms with Gasteiger partial charge in [0.25, 0.3) is 0 Å². The monoisotopic (exact) mass is 329 g/mol. The highest BCUT2D eigenvalue weighted by atomic mass is 16.5. The normalized spacial score (nSPS) is 18.5. The van der Waals surface area contributed by atoms with Crippen LogP contribution in [0.25, 0.3) is 11.5 Å². The predicted octanol–water partition coefficient (Wildman–Crippen LogP) is 2.66. The molecule has 0 unspecified atom stereocenters. The van der Waals surface area contributed by atoms with Crippen molar-refractivity contribution in [3.8, 4) is 11.5 Å². The molecule has 1 N–H and O–H groups in total. The Morgan fingerprint density at radius 1 is 1.33 bits per heavy atom. The van der Waals surface area contributed by atoms with Gasteiger partial charge in [0.2, 0.25) is 17.7 Å². The molecule has 6 heteroatoms. The summed E-state index contributed by atoms with van der Waals surface area (Å²) in [4.78, 5) is 12.0. The molecule has 24 heavy (non-hydrogen) atoms. The van der Waals surface area contributed by atoms with Crippen molar-refractivity contribution in [1.29, 1.82) is 0 Å². The third-order valence-corrected chi connectivity index (χ3v) is 4.24. The highest BCUT2D eigenvalue weighted by Gasteiger charge is 2.23. The maximum absolute atomic E-state index is 12.0. The smallest absolute Gasteiger partial charge is 0.247 e. The fourth-order valence-electron chi connectivity index (χ4n) is 2.80. The number of ether oxygens (including phenoxy) is 1.